The fourth-order valence-electron chi connectivity index (χ4n) is 2.56. The first-order valence-corrected chi connectivity index (χ1v) is 7.99. The molecular weight excluding hydrogens is 314 g/mol. The van der Waals surface area contributed by atoms with Crippen LogP contribution in [-0.2, 0) is 0 Å². The maximum atomic E-state index is 12.0. The lowest BCUT2D eigenvalue weighted by Crippen LogP contribution is -2.30. The van der Waals surface area contributed by atoms with Gasteiger partial charge in [-0.15, -0.1) is 0 Å². The molecule has 0 unspecified atom stereocenters. The van der Waals surface area contributed by atoms with E-state index < -0.39 is 0 Å². The summed E-state index contributed by atoms with van der Waals surface area (Å²) in [5, 5.41) is 6.01. The molecule has 2 aromatic rings. The van der Waals surface area contributed by atoms with Crippen molar-refractivity contribution in [3.05, 3.63) is 41.7 Å². The second-order valence-electron chi connectivity index (χ2n) is 5.40. The molecule has 0 radical (unpaired) electrons. The predicted molar refractivity (Wildman–Crippen MR) is 92.2 cm³/mol. The largest absolute Gasteiger partial charge is 0.356 e. The lowest BCUT2D eigenvalue weighted by Gasteiger charge is -2.27. The van der Waals surface area contributed by atoms with Gasteiger partial charge in [0.25, 0.3) is 0 Å². The Bertz CT molecular complexity index is 688. The van der Waals surface area contributed by atoms with Gasteiger partial charge in [-0.25, -0.2) is 14.8 Å². The number of amides is 2. The zero-order valence-electron chi connectivity index (χ0n) is 12.6. The monoisotopic (exact) mass is 331 g/mol. The van der Waals surface area contributed by atoms with Gasteiger partial charge in [0, 0.05) is 29.9 Å². The average molecular weight is 332 g/mol. The number of carbonyl (C=O) groups is 1. The summed E-state index contributed by atoms with van der Waals surface area (Å²) in [6.45, 7) is 1.98. The third-order valence-electron chi connectivity index (χ3n) is 3.66. The zero-order chi connectivity index (χ0) is 16.1. The van der Waals surface area contributed by atoms with Gasteiger partial charge in [0.1, 0.15) is 18.0 Å². The predicted octanol–water partition coefficient (Wildman–Crippen LogP) is 3.76. The van der Waals surface area contributed by atoms with Crippen LogP contribution in [0.15, 0.2) is 36.7 Å². The van der Waals surface area contributed by atoms with E-state index in [2.05, 4.69) is 25.5 Å². The lowest BCUT2D eigenvalue weighted by molar-refractivity contribution is 0.262. The van der Waals surface area contributed by atoms with Crippen LogP contribution >= 0.6 is 11.6 Å². The molecule has 1 saturated heterocycles. The molecular formula is C16H18ClN5O. The minimum Gasteiger partial charge on any atom is -0.356 e. The summed E-state index contributed by atoms with van der Waals surface area (Å²) in [7, 11) is 0. The summed E-state index contributed by atoms with van der Waals surface area (Å²) in [4.78, 5) is 22.6. The molecule has 2 heterocycles. The maximum absolute atomic E-state index is 12.0. The van der Waals surface area contributed by atoms with E-state index in [1.165, 1.54) is 25.6 Å². The number of nitrogens with zero attached hydrogens (tertiary/aromatic N) is 3. The smallest absolute Gasteiger partial charge is 0.324 e. The van der Waals surface area contributed by atoms with Crippen LogP contribution in [0.3, 0.4) is 0 Å². The van der Waals surface area contributed by atoms with E-state index >= 15 is 0 Å². The molecule has 2 amide bonds. The molecule has 3 rings (SSSR count). The Labute approximate surface area is 139 Å². The molecule has 1 aliphatic rings. The second-order valence-corrected chi connectivity index (χ2v) is 5.84. The molecule has 7 heteroatoms. The Morgan fingerprint density at radius 2 is 1.91 bits per heavy atom. The van der Waals surface area contributed by atoms with Gasteiger partial charge < -0.3 is 10.2 Å². The highest BCUT2D eigenvalue weighted by Crippen LogP contribution is 2.19. The van der Waals surface area contributed by atoms with E-state index in [9.17, 15) is 4.79 Å². The molecule has 23 heavy (non-hydrogen) atoms. The number of anilines is 3. The summed E-state index contributed by atoms with van der Waals surface area (Å²) in [6, 6.07) is 8.40. The molecule has 0 saturated carbocycles. The quantitative estimate of drug-likeness (QED) is 0.898. The number of rotatable bonds is 3. The topological polar surface area (TPSA) is 70.2 Å². The van der Waals surface area contributed by atoms with Gasteiger partial charge in [0.15, 0.2) is 0 Å². The Balaban J connectivity index is 1.64. The molecule has 1 aromatic carbocycles. The van der Waals surface area contributed by atoms with Crippen molar-refractivity contribution in [3.63, 3.8) is 0 Å². The fourth-order valence-corrected chi connectivity index (χ4v) is 2.75. The van der Waals surface area contributed by atoms with E-state index in [1.54, 1.807) is 30.3 Å². The Kier molecular flexibility index (Phi) is 4.92. The molecule has 1 fully saturated rings. The number of benzene rings is 1. The van der Waals surface area contributed by atoms with E-state index in [4.69, 9.17) is 11.6 Å². The molecule has 2 N–H and O–H groups in total. The van der Waals surface area contributed by atoms with Crippen molar-refractivity contribution in [2.45, 2.75) is 19.3 Å². The number of hydrogen-bond acceptors (Lipinski definition) is 4. The molecule has 6 nitrogen and oxygen atoms in total. The van der Waals surface area contributed by atoms with Gasteiger partial charge in [0.05, 0.1) is 0 Å². The fraction of sp³-hybridized carbons (Fsp3) is 0.312. The highest BCUT2D eigenvalue weighted by atomic mass is 35.5. The average Bonchev–Trinajstić information content (AvgIpc) is 2.56. The van der Waals surface area contributed by atoms with Crippen LogP contribution in [0.2, 0.25) is 5.02 Å². The molecule has 0 atom stereocenters. The summed E-state index contributed by atoms with van der Waals surface area (Å²) in [5.41, 5.74) is 0.625. The molecule has 0 spiro atoms. The normalized spacial score (nSPS) is 14.4. The van der Waals surface area contributed by atoms with Crippen molar-refractivity contribution in [1.29, 1.82) is 0 Å². The Morgan fingerprint density at radius 1 is 1.09 bits per heavy atom. The minimum atomic E-state index is -0.365. The molecule has 0 bridgehead atoms. The first-order chi connectivity index (χ1) is 11.2. The maximum Gasteiger partial charge on any atom is 0.324 e. The SMILES string of the molecule is O=C(Nc1cccc(Cl)c1)Nc1cc(N2CCCCC2)ncn1. The van der Waals surface area contributed by atoms with Gasteiger partial charge in [-0.1, -0.05) is 17.7 Å². The molecule has 1 aromatic heterocycles. The Morgan fingerprint density at radius 3 is 2.70 bits per heavy atom. The number of halogens is 1. The van der Waals surface area contributed by atoms with Crippen molar-refractivity contribution in [1.82, 2.24) is 9.97 Å². The highest BCUT2D eigenvalue weighted by Gasteiger charge is 2.13. The van der Waals surface area contributed by atoms with Crippen LogP contribution in [0.25, 0.3) is 0 Å². The third kappa shape index (κ3) is 4.32. The van der Waals surface area contributed by atoms with Crippen molar-refractivity contribution in [2.24, 2.45) is 0 Å². The summed E-state index contributed by atoms with van der Waals surface area (Å²) in [6.07, 6.45) is 5.07. The van der Waals surface area contributed by atoms with E-state index in [0.717, 1.165) is 18.9 Å². The minimum absolute atomic E-state index is 0.365. The number of urea groups is 1. The first-order valence-electron chi connectivity index (χ1n) is 7.61. The summed E-state index contributed by atoms with van der Waals surface area (Å²) >= 11 is 5.90. The van der Waals surface area contributed by atoms with Gasteiger partial charge >= 0.3 is 6.03 Å². The number of hydrogen-bond donors (Lipinski definition) is 2. The number of piperidine rings is 1. The summed E-state index contributed by atoms with van der Waals surface area (Å²) < 4.78 is 0. The molecule has 0 aliphatic carbocycles. The Hall–Kier alpha value is -2.34. The van der Waals surface area contributed by atoms with Gasteiger partial charge in [-0.05, 0) is 37.5 Å². The number of nitrogens with one attached hydrogen (secondary N) is 2. The standard InChI is InChI=1S/C16H18ClN5O/c17-12-5-4-6-13(9-12)20-16(23)21-14-10-15(19-11-18-14)22-7-2-1-3-8-22/h4-6,9-11H,1-3,7-8H2,(H2,18,19,20,21,23). The van der Waals surface area contributed by atoms with Gasteiger partial charge in [-0.3, -0.25) is 5.32 Å². The van der Waals surface area contributed by atoms with E-state index in [-0.39, 0.29) is 6.03 Å². The number of carbonyl (C=O) groups excluding carboxylic acids is 1. The van der Waals surface area contributed by atoms with Gasteiger partial charge in [-0.2, -0.15) is 0 Å². The van der Waals surface area contributed by atoms with Gasteiger partial charge in [0.2, 0.25) is 0 Å². The first kappa shape index (κ1) is 15.6. The van der Waals surface area contributed by atoms with Crippen LogP contribution in [-0.4, -0.2) is 29.1 Å². The summed E-state index contributed by atoms with van der Waals surface area (Å²) in [5.74, 6) is 1.32. The van der Waals surface area contributed by atoms with Crippen molar-refractivity contribution in [3.8, 4) is 0 Å². The van der Waals surface area contributed by atoms with Crippen LogP contribution in [0.5, 0.6) is 0 Å². The molecule has 120 valence electrons. The van der Waals surface area contributed by atoms with Crippen molar-refractivity contribution in [2.75, 3.05) is 28.6 Å². The van der Waals surface area contributed by atoms with E-state index in [0.29, 0.717) is 16.5 Å². The van der Waals surface area contributed by atoms with E-state index in [1.807, 2.05) is 0 Å². The third-order valence-corrected chi connectivity index (χ3v) is 3.89. The second kappa shape index (κ2) is 7.28. The van der Waals surface area contributed by atoms with Crippen LogP contribution in [0, 0.1) is 0 Å². The van der Waals surface area contributed by atoms with Crippen LogP contribution in [0.4, 0.5) is 22.1 Å². The lowest BCUT2D eigenvalue weighted by atomic mass is 10.1. The van der Waals surface area contributed by atoms with Crippen molar-refractivity contribution >= 4 is 35.0 Å². The number of aromatic nitrogens is 2. The van der Waals surface area contributed by atoms with Crippen LogP contribution in [0.1, 0.15) is 19.3 Å². The van der Waals surface area contributed by atoms with Crippen molar-refractivity contribution < 1.29 is 4.79 Å². The van der Waals surface area contributed by atoms with Crippen LogP contribution < -0.4 is 15.5 Å². The highest BCUT2D eigenvalue weighted by molar-refractivity contribution is 6.30. The zero-order valence-corrected chi connectivity index (χ0v) is 13.4. The molecule has 1 aliphatic heterocycles.